The Kier molecular flexibility index (Phi) is 5.46. The number of aromatic nitrogens is 1. The van der Waals surface area contributed by atoms with E-state index in [2.05, 4.69) is 19.2 Å². The smallest absolute Gasteiger partial charge is 0.322 e. The van der Waals surface area contributed by atoms with Gasteiger partial charge in [0.1, 0.15) is 5.76 Å². The normalized spacial score (nSPS) is 10.9. The van der Waals surface area contributed by atoms with E-state index in [0.29, 0.717) is 19.0 Å². The highest BCUT2D eigenvalue weighted by atomic mass is 16.3. The Labute approximate surface area is 154 Å². The largest absolute Gasteiger partial charge is 0.467 e. The number of nitrogens with one attached hydrogen (secondary N) is 1. The molecule has 3 rings (SSSR count). The minimum atomic E-state index is -0.153. The summed E-state index contributed by atoms with van der Waals surface area (Å²) >= 11 is 0. The molecule has 26 heavy (non-hydrogen) atoms. The first-order valence-electron chi connectivity index (χ1n) is 8.81. The van der Waals surface area contributed by atoms with Gasteiger partial charge in [-0.25, -0.2) is 4.79 Å². The van der Waals surface area contributed by atoms with Crippen molar-refractivity contribution in [1.29, 1.82) is 0 Å². The van der Waals surface area contributed by atoms with Crippen molar-refractivity contribution in [1.82, 2.24) is 9.47 Å². The van der Waals surface area contributed by atoms with E-state index in [1.807, 2.05) is 66.3 Å². The Hall–Kier alpha value is -2.95. The average Bonchev–Trinajstić information content (AvgIpc) is 3.27. The van der Waals surface area contributed by atoms with E-state index in [1.165, 1.54) is 5.56 Å². The molecule has 5 nitrogen and oxygen atoms in total. The van der Waals surface area contributed by atoms with Crippen LogP contribution in [0.2, 0.25) is 0 Å². The summed E-state index contributed by atoms with van der Waals surface area (Å²) in [5.41, 5.74) is 3.09. The second kappa shape index (κ2) is 7.95. The highest BCUT2D eigenvalue weighted by Gasteiger charge is 2.17. The van der Waals surface area contributed by atoms with Crippen LogP contribution in [0.1, 0.15) is 36.8 Å². The molecule has 3 aromatic rings. The van der Waals surface area contributed by atoms with Gasteiger partial charge in [0.05, 0.1) is 19.4 Å². The SMILES string of the molecule is CC(C)c1ccc(NC(=O)N(Cc2ccco2)Cc2cccn2C)cc1. The van der Waals surface area contributed by atoms with Gasteiger partial charge < -0.3 is 19.2 Å². The minimum Gasteiger partial charge on any atom is -0.467 e. The van der Waals surface area contributed by atoms with E-state index < -0.39 is 0 Å². The zero-order valence-corrected chi connectivity index (χ0v) is 15.5. The Morgan fingerprint density at radius 2 is 1.88 bits per heavy atom. The number of amides is 2. The van der Waals surface area contributed by atoms with Gasteiger partial charge in [0.15, 0.2) is 0 Å². The summed E-state index contributed by atoms with van der Waals surface area (Å²) in [5, 5.41) is 2.99. The fraction of sp³-hybridized carbons (Fsp3) is 0.286. The molecule has 0 aliphatic heterocycles. The number of carbonyl (C=O) groups excluding carboxylic acids is 1. The van der Waals surface area contributed by atoms with Crippen molar-refractivity contribution in [3.8, 4) is 0 Å². The van der Waals surface area contributed by atoms with Crippen LogP contribution in [0.25, 0.3) is 0 Å². The first-order chi connectivity index (χ1) is 12.5. The molecular formula is C21H25N3O2. The number of aryl methyl sites for hydroxylation is 1. The van der Waals surface area contributed by atoms with Crippen molar-refractivity contribution in [2.45, 2.75) is 32.9 Å². The Morgan fingerprint density at radius 1 is 1.12 bits per heavy atom. The lowest BCUT2D eigenvalue weighted by Crippen LogP contribution is -2.34. The van der Waals surface area contributed by atoms with Gasteiger partial charge in [-0.05, 0) is 47.9 Å². The van der Waals surface area contributed by atoms with E-state index in [4.69, 9.17) is 4.42 Å². The Balaban J connectivity index is 1.74. The summed E-state index contributed by atoms with van der Waals surface area (Å²) in [7, 11) is 1.98. The third kappa shape index (κ3) is 4.36. The number of hydrogen-bond donors (Lipinski definition) is 1. The van der Waals surface area contributed by atoms with Gasteiger partial charge in [0, 0.05) is 24.6 Å². The van der Waals surface area contributed by atoms with Crippen LogP contribution in [-0.2, 0) is 20.1 Å². The molecule has 1 aromatic carbocycles. The summed E-state index contributed by atoms with van der Waals surface area (Å²) in [5.74, 6) is 1.22. The molecule has 0 saturated carbocycles. The summed E-state index contributed by atoms with van der Waals surface area (Å²) in [6.45, 7) is 5.21. The zero-order chi connectivity index (χ0) is 18.5. The number of rotatable bonds is 6. The highest BCUT2D eigenvalue weighted by Crippen LogP contribution is 2.18. The van der Waals surface area contributed by atoms with E-state index >= 15 is 0 Å². The molecular weight excluding hydrogens is 326 g/mol. The predicted octanol–water partition coefficient (Wildman–Crippen LogP) is 4.98. The number of nitrogens with zero attached hydrogens (tertiary/aromatic N) is 2. The number of furan rings is 1. The molecule has 0 atom stereocenters. The van der Waals surface area contributed by atoms with Gasteiger partial charge in [-0.2, -0.15) is 0 Å². The van der Waals surface area contributed by atoms with Gasteiger partial charge in [-0.1, -0.05) is 26.0 Å². The Bertz CT molecular complexity index is 833. The van der Waals surface area contributed by atoms with Crippen LogP contribution in [-0.4, -0.2) is 15.5 Å². The van der Waals surface area contributed by atoms with Crippen LogP contribution < -0.4 is 5.32 Å². The maximum Gasteiger partial charge on any atom is 0.322 e. The van der Waals surface area contributed by atoms with Crippen LogP contribution in [0.15, 0.2) is 65.4 Å². The monoisotopic (exact) mass is 351 g/mol. The lowest BCUT2D eigenvalue weighted by molar-refractivity contribution is 0.200. The molecule has 0 bridgehead atoms. The van der Waals surface area contributed by atoms with Crippen LogP contribution in [0.3, 0.4) is 0 Å². The summed E-state index contributed by atoms with van der Waals surface area (Å²) < 4.78 is 7.44. The number of benzene rings is 1. The molecule has 0 unspecified atom stereocenters. The second-order valence-corrected chi connectivity index (χ2v) is 6.75. The highest BCUT2D eigenvalue weighted by molar-refractivity contribution is 5.89. The number of urea groups is 1. The fourth-order valence-electron chi connectivity index (χ4n) is 2.80. The lowest BCUT2D eigenvalue weighted by atomic mass is 10.0. The average molecular weight is 351 g/mol. The van der Waals surface area contributed by atoms with Gasteiger partial charge in [0.25, 0.3) is 0 Å². The topological polar surface area (TPSA) is 50.4 Å². The molecule has 0 saturated heterocycles. The molecule has 2 heterocycles. The van der Waals surface area contributed by atoms with Crippen LogP contribution in [0.5, 0.6) is 0 Å². The molecule has 0 radical (unpaired) electrons. The maximum atomic E-state index is 12.9. The van der Waals surface area contributed by atoms with Crippen LogP contribution in [0, 0.1) is 0 Å². The predicted molar refractivity (Wildman–Crippen MR) is 103 cm³/mol. The van der Waals surface area contributed by atoms with Gasteiger partial charge >= 0.3 is 6.03 Å². The molecule has 136 valence electrons. The van der Waals surface area contributed by atoms with Crippen molar-refractivity contribution in [3.63, 3.8) is 0 Å². The molecule has 0 aliphatic rings. The van der Waals surface area contributed by atoms with Crippen LogP contribution >= 0.6 is 0 Å². The van der Waals surface area contributed by atoms with Crippen molar-refractivity contribution in [2.24, 2.45) is 7.05 Å². The van der Waals surface area contributed by atoms with E-state index in [9.17, 15) is 4.79 Å². The molecule has 5 heteroatoms. The number of hydrogen-bond acceptors (Lipinski definition) is 2. The van der Waals surface area contributed by atoms with Gasteiger partial charge in [-0.3, -0.25) is 0 Å². The Morgan fingerprint density at radius 3 is 2.46 bits per heavy atom. The number of carbonyl (C=O) groups is 1. The van der Waals surface area contributed by atoms with Gasteiger partial charge in [-0.15, -0.1) is 0 Å². The van der Waals surface area contributed by atoms with Gasteiger partial charge in [0.2, 0.25) is 0 Å². The zero-order valence-electron chi connectivity index (χ0n) is 15.5. The van der Waals surface area contributed by atoms with Crippen molar-refractivity contribution in [3.05, 3.63) is 78.0 Å². The summed E-state index contributed by atoms with van der Waals surface area (Å²) in [6, 6.07) is 15.5. The third-order valence-electron chi connectivity index (χ3n) is 4.45. The van der Waals surface area contributed by atoms with Crippen molar-refractivity contribution >= 4 is 11.7 Å². The summed E-state index contributed by atoms with van der Waals surface area (Å²) in [4.78, 5) is 14.6. The molecule has 2 aromatic heterocycles. The molecule has 0 aliphatic carbocycles. The lowest BCUT2D eigenvalue weighted by Gasteiger charge is -2.22. The minimum absolute atomic E-state index is 0.153. The third-order valence-corrected chi connectivity index (χ3v) is 4.45. The molecule has 0 fully saturated rings. The molecule has 2 amide bonds. The molecule has 0 spiro atoms. The van der Waals surface area contributed by atoms with E-state index in [-0.39, 0.29) is 6.03 Å². The van der Waals surface area contributed by atoms with Crippen molar-refractivity contribution < 1.29 is 9.21 Å². The molecule has 1 N–H and O–H groups in total. The number of anilines is 1. The van der Waals surface area contributed by atoms with Crippen LogP contribution in [0.4, 0.5) is 10.5 Å². The maximum absolute atomic E-state index is 12.9. The summed E-state index contributed by atoms with van der Waals surface area (Å²) in [6.07, 6.45) is 3.60. The second-order valence-electron chi connectivity index (χ2n) is 6.75. The first kappa shape index (κ1) is 17.9. The van der Waals surface area contributed by atoms with Crippen molar-refractivity contribution in [2.75, 3.05) is 5.32 Å². The fourth-order valence-corrected chi connectivity index (χ4v) is 2.80. The quantitative estimate of drug-likeness (QED) is 0.681. The van der Waals surface area contributed by atoms with E-state index in [0.717, 1.165) is 17.1 Å². The standard InChI is InChI=1S/C21H25N3O2/c1-16(2)17-8-10-18(11-9-17)22-21(25)24(15-20-7-5-13-26-20)14-19-6-4-12-23(19)3/h4-13,16H,14-15H2,1-3H3,(H,22,25). The first-order valence-corrected chi connectivity index (χ1v) is 8.81. The van der Waals surface area contributed by atoms with E-state index in [1.54, 1.807) is 11.2 Å².